The topological polar surface area (TPSA) is 42.2 Å². The number of nitrogens with zero attached hydrogens (tertiary/aromatic N) is 2. The lowest BCUT2D eigenvalue weighted by Crippen LogP contribution is -2.23. The molecule has 25 heavy (non-hydrogen) atoms. The van der Waals surface area contributed by atoms with E-state index in [1.54, 1.807) is 6.20 Å². The molecule has 1 aliphatic rings. The van der Waals surface area contributed by atoms with Crippen molar-refractivity contribution in [2.45, 2.75) is 34.1 Å². The molecule has 0 radical (unpaired) electrons. The highest BCUT2D eigenvalue weighted by molar-refractivity contribution is 14.1. The number of benzene rings is 1. The van der Waals surface area contributed by atoms with Crippen LogP contribution in [0.4, 0.5) is 5.82 Å². The van der Waals surface area contributed by atoms with Gasteiger partial charge >= 0.3 is 0 Å². The van der Waals surface area contributed by atoms with Gasteiger partial charge in [-0.15, -0.1) is 0 Å². The van der Waals surface area contributed by atoms with Gasteiger partial charge in [0.15, 0.2) is 0 Å². The van der Waals surface area contributed by atoms with Crippen molar-refractivity contribution in [3.63, 3.8) is 0 Å². The molecule has 0 fully saturated rings. The van der Waals surface area contributed by atoms with Crippen LogP contribution in [0.25, 0.3) is 16.3 Å². The molecule has 138 valence electrons. The van der Waals surface area contributed by atoms with E-state index in [-0.39, 0.29) is 8.07 Å². The average molecular weight is 471 g/mol. The molecule has 5 heteroatoms. The highest BCUT2D eigenvalue weighted by Crippen LogP contribution is 2.40. The van der Waals surface area contributed by atoms with Gasteiger partial charge < -0.3 is 5.73 Å². The van der Waals surface area contributed by atoms with Crippen molar-refractivity contribution < 1.29 is 0 Å². The molecule has 0 amide bonds. The van der Waals surface area contributed by atoms with Crippen molar-refractivity contribution in [2.75, 3.05) is 29.7 Å². The zero-order chi connectivity index (χ0) is 18.8. The Morgan fingerprint density at radius 2 is 1.92 bits per heavy atom. The van der Waals surface area contributed by atoms with Crippen molar-refractivity contribution in [2.24, 2.45) is 0 Å². The standard InChI is InChI=1S/C16H19IN3P.2C2H6/c1-21(11-17)20-8-5-12(6-9-20)14-3-2-13-4-7-19-16(18)15(13)10-14;2*1-2/h2-5,7,10H,6,8-9,11H2,1H3,(H2,18,19);2*1-2H3. The molecule has 0 bridgehead atoms. The Balaban J connectivity index is 0.000000730. The van der Waals surface area contributed by atoms with E-state index in [9.17, 15) is 0 Å². The van der Waals surface area contributed by atoms with E-state index in [2.05, 4.69) is 63.2 Å². The van der Waals surface area contributed by atoms with E-state index in [4.69, 9.17) is 5.73 Å². The fourth-order valence-corrected chi connectivity index (χ4v) is 4.94. The van der Waals surface area contributed by atoms with Crippen molar-refractivity contribution in [1.29, 1.82) is 0 Å². The monoisotopic (exact) mass is 471 g/mol. The highest BCUT2D eigenvalue weighted by atomic mass is 127. The lowest BCUT2D eigenvalue weighted by Gasteiger charge is -2.31. The number of aromatic nitrogens is 1. The van der Waals surface area contributed by atoms with Gasteiger partial charge in [0.25, 0.3) is 0 Å². The predicted molar refractivity (Wildman–Crippen MR) is 125 cm³/mol. The minimum Gasteiger partial charge on any atom is -0.383 e. The second kappa shape index (κ2) is 11.8. The van der Waals surface area contributed by atoms with Crippen LogP contribution in [0.15, 0.2) is 36.5 Å². The Hall–Kier alpha value is -0.710. The minimum absolute atomic E-state index is 0.0275. The van der Waals surface area contributed by atoms with Crippen molar-refractivity contribution >= 4 is 52.8 Å². The fraction of sp³-hybridized carbons (Fsp3) is 0.450. The van der Waals surface area contributed by atoms with Gasteiger partial charge in [-0.2, -0.15) is 0 Å². The third-order valence-electron chi connectivity index (χ3n) is 4.01. The van der Waals surface area contributed by atoms with Crippen LogP contribution in [-0.2, 0) is 0 Å². The molecule has 0 spiro atoms. The van der Waals surface area contributed by atoms with Crippen LogP contribution in [0.2, 0.25) is 0 Å². The molecule has 3 rings (SSSR count). The molecular formula is C20H31IN3P. The average Bonchev–Trinajstić information content (AvgIpc) is 2.70. The molecule has 2 aromatic rings. The number of hydrogen-bond donors (Lipinski definition) is 1. The normalized spacial score (nSPS) is 15.4. The van der Waals surface area contributed by atoms with Gasteiger partial charge in [0.2, 0.25) is 0 Å². The molecule has 0 saturated heterocycles. The number of nitrogen functional groups attached to an aromatic ring is 1. The summed E-state index contributed by atoms with van der Waals surface area (Å²) in [5.74, 6) is 0.620. The lowest BCUT2D eigenvalue weighted by molar-refractivity contribution is 0.502. The van der Waals surface area contributed by atoms with Crippen LogP contribution >= 0.6 is 30.7 Å². The summed E-state index contributed by atoms with van der Waals surface area (Å²) in [6, 6.07) is 8.55. The summed E-state index contributed by atoms with van der Waals surface area (Å²) in [5, 5.41) is 2.22. The molecule has 3 nitrogen and oxygen atoms in total. The summed E-state index contributed by atoms with van der Waals surface area (Å²) in [6.07, 6.45) is 5.26. The Bertz CT molecular complexity index is 688. The summed E-state index contributed by atoms with van der Waals surface area (Å²) in [6.45, 7) is 12.6. The van der Waals surface area contributed by atoms with Gasteiger partial charge in [0, 0.05) is 28.8 Å². The van der Waals surface area contributed by atoms with E-state index >= 15 is 0 Å². The molecule has 0 saturated carbocycles. The largest absolute Gasteiger partial charge is 0.383 e. The first-order chi connectivity index (χ1) is 12.2. The first-order valence-electron chi connectivity index (χ1n) is 9.04. The molecule has 1 unspecified atom stereocenters. The lowest BCUT2D eigenvalue weighted by atomic mass is 9.98. The van der Waals surface area contributed by atoms with E-state index in [1.165, 1.54) is 15.3 Å². The molecule has 0 aliphatic carbocycles. The predicted octanol–water partition coefficient (Wildman–Crippen LogP) is 6.38. The Labute approximate surface area is 168 Å². The minimum atomic E-state index is 0.0275. The summed E-state index contributed by atoms with van der Waals surface area (Å²) in [4.78, 5) is 4.19. The van der Waals surface area contributed by atoms with Gasteiger partial charge in [-0.25, -0.2) is 4.98 Å². The van der Waals surface area contributed by atoms with Crippen molar-refractivity contribution in [3.8, 4) is 0 Å². The van der Waals surface area contributed by atoms with Crippen LogP contribution in [-0.4, -0.2) is 33.6 Å². The third kappa shape index (κ3) is 5.90. The molecule has 2 N–H and O–H groups in total. The van der Waals surface area contributed by atoms with Crippen LogP contribution in [0, 0.1) is 0 Å². The van der Waals surface area contributed by atoms with Gasteiger partial charge in [-0.05, 0) is 49.8 Å². The maximum atomic E-state index is 6.00. The number of hydrogen-bond acceptors (Lipinski definition) is 3. The first-order valence-corrected chi connectivity index (χ1v) is 12.5. The van der Waals surface area contributed by atoms with E-state index < -0.39 is 0 Å². The van der Waals surface area contributed by atoms with Crippen LogP contribution < -0.4 is 5.73 Å². The second-order valence-electron chi connectivity index (χ2n) is 5.30. The van der Waals surface area contributed by atoms with Gasteiger partial charge in [0.05, 0.1) is 0 Å². The summed E-state index contributed by atoms with van der Waals surface area (Å²) in [7, 11) is 0.0275. The van der Waals surface area contributed by atoms with E-state index in [1.807, 2.05) is 33.8 Å². The van der Waals surface area contributed by atoms with Gasteiger partial charge in [0.1, 0.15) is 5.82 Å². The number of rotatable bonds is 3. The number of fused-ring (bicyclic) bond motifs is 1. The first kappa shape index (κ1) is 22.3. The summed E-state index contributed by atoms with van der Waals surface area (Å²) >= 11 is 2.49. The quantitative estimate of drug-likeness (QED) is 0.321. The SMILES string of the molecule is CC.CC.CP(CI)N1CC=C(c2ccc3ccnc(N)c3c2)CC1. The van der Waals surface area contributed by atoms with Crippen LogP contribution in [0.5, 0.6) is 0 Å². The molecule has 1 aromatic carbocycles. The van der Waals surface area contributed by atoms with E-state index in [0.29, 0.717) is 5.82 Å². The summed E-state index contributed by atoms with van der Waals surface area (Å²) in [5.41, 5.74) is 8.72. The number of anilines is 1. The van der Waals surface area contributed by atoms with Gasteiger partial charge in [-0.1, -0.05) is 68.5 Å². The van der Waals surface area contributed by atoms with Crippen molar-refractivity contribution in [1.82, 2.24) is 9.65 Å². The smallest absolute Gasteiger partial charge is 0.131 e. The third-order valence-corrected chi connectivity index (χ3v) is 8.65. The van der Waals surface area contributed by atoms with Crippen LogP contribution in [0.3, 0.4) is 0 Å². The molecular weight excluding hydrogens is 440 g/mol. The number of alkyl halides is 1. The van der Waals surface area contributed by atoms with Crippen LogP contribution in [0.1, 0.15) is 39.7 Å². The number of nitrogens with two attached hydrogens (primary N) is 1. The Kier molecular flexibility index (Phi) is 10.6. The fourth-order valence-electron chi connectivity index (χ4n) is 2.70. The second-order valence-corrected chi connectivity index (χ2v) is 9.47. The Morgan fingerprint density at radius 3 is 2.52 bits per heavy atom. The number of pyridine rings is 1. The van der Waals surface area contributed by atoms with Gasteiger partial charge in [-0.3, -0.25) is 4.67 Å². The molecule has 1 aliphatic heterocycles. The zero-order valence-electron chi connectivity index (χ0n) is 16.1. The summed E-state index contributed by atoms with van der Waals surface area (Å²) < 4.78 is 3.84. The molecule has 2 heterocycles. The maximum Gasteiger partial charge on any atom is 0.131 e. The Morgan fingerprint density at radius 1 is 1.20 bits per heavy atom. The highest BCUT2D eigenvalue weighted by Gasteiger charge is 2.17. The molecule has 1 atom stereocenters. The zero-order valence-corrected chi connectivity index (χ0v) is 19.1. The van der Waals surface area contributed by atoms with E-state index in [0.717, 1.165) is 30.3 Å². The molecule has 1 aromatic heterocycles. The maximum absolute atomic E-state index is 6.00. The number of halogens is 1. The van der Waals surface area contributed by atoms with Crippen molar-refractivity contribution in [3.05, 3.63) is 42.1 Å².